The van der Waals surface area contributed by atoms with Gasteiger partial charge in [-0.05, 0) is 6.07 Å². The summed E-state index contributed by atoms with van der Waals surface area (Å²) >= 11 is 11.7. The number of halogens is 2. The normalized spacial score (nSPS) is 11.5. The van der Waals surface area contributed by atoms with Gasteiger partial charge in [0.25, 0.3) is 0 Å². The number of rotatable bonds is 4. The first-order chi connectivity index (χ1) is 8.43. The second-order valence-electron chi connectivity index (χ2n) is 4.03. The highest BCUT2D eigenvalue weighted by Crippen LogP contribution is 2.14. The van der Waals surface area contributed by atoms with Gasteiger partial charge in [0.1, 0.15) is 0 Å². The molecule has 4 nitrogen and oxygen atoms in total. The Morgan fingerprint density at radius 1 is 1.61 bits per heavy atom. The Kier molecular flexibility index (Phi) is 5.56. The molecule has 1 aromatic heterocycles. The van der Waals surface area contributed by atoms with Gasteiger partial charge >= 0.3 is 0 Å². The van der Waals surface area contributed by atoms with E-state index in [1.54, 1.807) is 7.05 Å². The van der Waals surface area contributed by atoms with E-state index in [0.29, 0.717) is 18.1 Å². The molecule has 0 amide bonds. The topological polar surface area (TPSA) is 32.6 Å². The van der Waals surface area contributed by atoms with Crippen LogP contribution in [0.15, 0.2) is 28.9 Å². The molecule has 100 valence electrons. The molecule has 0 fully saturated rings. The van der Waals surface area contributed by atoms with E-state index in [1.165, 1.54) is 0 Å². The van der Waals surface area contributed by atoms with Crippen LogP contribution in [0.25, 0.3) is 0 Å². The number of guanidine groups is 1. The summed E-state index contributed by atoms with van der Waals surface area (Å²) < 4.78 is 1.99. The average molecular weight is 289 g/mol. The van der Waals surface area contributed by atoms with Crippen molar-refractivity contribution in [2.45, 2.75) is 6.54 Å². The molecule has 1 aromatic rings. The molecule has 1 rings (SSSR count). The Hall–Kier alpha value is -1.13. The average Bonchev–Trinajstić information content (AvgIpc) is 2.57. The SMILES string of the molecule is C=C(Cl)CNC(=NC)N(C)Cc1cc(Cl)cn1C. The first-order valence-electron chi connectivity index (χ1n) is 5.50. The Morgan fingerprint density at radius 3 is 2.72 bits per heavy atom. The highest BCUT2D eigenvalue weighted by atomic mass is 35.5. The van der Waals surface area contributed by atoms with Crippen molar-refractivity contribution in [2.24, 2.45) is 12.0 Å². The van der Waals surface area contributed by atoms with Gasteiger partial charge in [0.15, 0.2) is 5.96 Å². The summed E-state index contributed by atoms with van der Waals surface area (Å²) in [7, 11) is 5.65. The van der Waals surface area contributed by atoms with Gasteiger partial charge in [0, 0.05) is 38.1 Å². The van der Waals surface area contributed by atoms with Crippen molar-refractivity contribution in [2.75, 3.05) is 20.6 Å². The van der Waals surface area contributed by atoms with Crippen LogP contribution in [0.5, 0.6) is 0 Å². The number of hydrogen-bond acceptors (Lipinski definition) is 1. The molecule has 0 aliphatic carbocycles. The quantitative estimate of drug-likeness (QED) is 0.682. The van der Waals surface area contributed by atoms with E-state index in [0.717, 1.165) is 16.7 Å². The van der Waals surface area contributed by atoms with Crippen LogP contribution in [0.2, 0.25) is 5.02 Å². The Labute approximate surface area is 118 Å². The lowest BCUT2D eigenvalue weighted by Crippen LogP contribution is -2.39. The zero-order valence-electron chi connectivity index (χ0n) is 10.9. The molecule has 0 aromatic carbocycles. The van der Waals surface area contributed by atoms with E-state index < -0.39 is 0 Å². The molecular weight excluding hydrogens is 271 g/mol. The van der Waals surface area contributed by atoms with Gasteiger partial charge in [-0.25, -0.2) is 0 Å². The molecule has 0 saturated heterocycles. The van der Waals surface area contributed by atoms with Crippen LogP contribution >= 0.6 is 23.2 Å². The van der Waals surface area contributed by atoms with Crippen LogP contribution < -0.4 is 5.32 Å². The van der Waals surface area contributed by atoms with Crippen LogP contribution in [0.1, 0.15) is 5.69 Å². The monoisotopic (exact) mass is 288 g/mol. The summed E-state index contributed by atoms with van der Waals surface area (Å²) in [6, 6.07) is 1.94. The third-order valence-corrected chi connectivity index (χ3v) is 2.83. The fourth-order valence-corrected chi connectivity index (χ4v) is 1.94. The third kappa shape index (κ3) is 4.27. The molecule has 0 saturated carbocycles. The standard InChI is InChI=1S/C12H18Cl2N4/c1-9(13)6-16-12(15-2)18(4)8-11-5-10(14)7-17(11)3/h5,7H,1,6,8H2,2-4H3,(H,15,16). The van der Waals surface area contributed by atoms with Crippen molar-refractivity contribution in [1.82, 2.24) is 14.8 Å². The fraction of sp³-hybridized carbons (Fsp3) is 0.417. The minimum Gasteiger partial charge on any atom is -0.351 e. The van der Waals surface area contributed by atoms with E-state index in [1.807, 2.05) is 35.8 Å². The van der Waals surface area contributed by atoms with Crippen molar-refractivity contribution in [1.29, 1.82) is 0 Å². The zero-order valence-corrected chi connectivity index (χ0v) is 12.4. The summed E-state index contributed by atoms with van der Waals surface area (Å²) in [5.41, 5.74) is 1.11. The summed E-state index contributed by atoms with van der Waals surface area (Å²) in [6.45, 7) is 4.83. The summed E-state index contributed by atoms with van der Waals surface area (Å²) in [5, 5.41) is 4.40. The zero-order chi connectivity index (χ0) is 13.7. The lowest BCUT2D eigenvalue weighted by Gasteiger charge is -2.22. The fourth-order valence-electron chi connectivity index (χ4n) is 1.60. The minimum atomic E-state index is 0.493. The minimum absolute atomic E-state index is 0.493. The van der Waals surface area contributed by atoms with E-state index >= 15 is 0 Å². The first-order valence-corrected chi connectivity index (χ1v) is 6.25. The van der Waals surface area contributed by atoms with E-state index in [9.17, 15) is 0 Å². The van der Waals surface area contributed by atoms with Crippen molar-refractivity contribution < 1.29 is 0 Å². The number of aryl methyl sites for hydroxylation is 1. The second kappa shape index (κ2) is 6.71. The molecule has 18 heavy (non-hydrogen) atoms. The predicted molar refractivity (Wildman–Crippen MR) is 78.2 cm³/mol. The van der Waals surface area contributed by atoms with E-state index in [2.05, 4.69) is 16.9 Å². The smallest absolute Gasteiger partial charge is 0.194 e. The van der Waals surface area contributed by atoms with Gasteiger partial charge in [-0.3, -0.25) is 4.99 Å². The lowest BCUT2D eigenvalue weighted by molar-refractivity contribution is 0.465. The van der Waals surface area contributed by atoms with Crippen molar-refractivity contribution in [3.8, 4) is 0 Å². The lowest BCUT2D eigenvalue weighted by atomic mass is 10.4. The number of hydrogen-bond donors (Lipinski definition) is 1. The molecule has 0 atom stereocenters. The van der Waals surface area contributed by atoms with Gasteiger partial charge in [-0.1, -0.05) is 29.8 Å². The van der Waals surface area contributed by atoms with Gasteiger partial charge < -0.3 is 14.8 Å². The van der Waals surface area contributed by atoms with Crippen LogP contribution in [0.4, 0.5) is 0 Å². The molecule has 1 heterocycles. The van der Waals surface area contributed by atoms with Crippen LogP contribution in [-0.2, 0) is 13.6 Å². The maximum absolute atomic E-state index is 5.95. The molecule has 1 N–H and O–H groups in total. The largest absolute Gasteiger partial charge is 0.351 e. The second-order valence-corrected chi connectivity index (χ2v) is 5.01. The Bertz CT molecular complexity index is 451. The number of aromatic nitrogens is 1. The molecular formula is C12H18Cl2N4. The summed E-state index contributed by atoms with van der Waals surface area (Å²) in [5.74, 6) is 0.758. The number of nitrogens with one attached hydrogen (secondary N) is 1. The van der Waals surface area contributed by atoms with E-state index in [4.69, 9.17) is 23.2 Å². The number of aliphatic imine (C=N–C) groups is 1. The highest BCUT2D eigenvalue weighted by Gasteiger charge is 2.09. The molecule has 6 heteroatoms. The van der Waals surface area contributed by atoms with Gasteiger partial charge in [-0.2, -0.15) is 0 Å². The van der Waals surface area contributed by atoms with Crippen molar-refractivity contribution in [3.63, 3.8) is 0 Å². The summed E-state index contributed by atoms with van der Waals surface area (Å²) in [6.07, 6.45) is 1.88. The maximum atomic E-state index is 5.95. The number of nitrogens with zero attached hydrogens (tertiary/aromatic N) is 3. The van der Waals surface area contributed by atoms with E-state index in [-0.39, 0.29) is 0 Å². The predicted octanol–water partition coefficient (Wildman–Crippen LogP) is 2.44. The van der Waals surface area contributed by atoms with Crippen LogP contribution in [0.3, 0.4) is 0 Å². The molecule has 0 unspecified atom stereocenters. The molecule has 0 bridgehead atoms. The van der Waals surface area contributed by atoms with Crippen LogP contribution in [-0.4, -0.2) is 36.1 Å². The first kappa shape index (κ1) is 14.9. The Morgan fingerprint density at radius 2 is 2.28 bits per heavy atom. The molecule has 0 aliphatic heterocycles. The molecule has 0 spiro atoms. The third-order valence-electron chi connectivity index (χ3n) is 2.49. The Balaban J connectivity index is 2.65. The maximum Gasteiger partial charge on any atom is 0.194 e. The van der Waals surface area contributed by atoms with Gasteiger partial charge in [-0.15, -0.1) is 0 Å². The van der Waals surface area contributed by atoms with Crippen molar-refractivity contribution in [3.05, 3.63) is 34.6 Å². The van der Waals surface area contributed by atoms with Crippen molar-refractivity contribution >= 4 is 29.2 Å². The van der Waals surface area contributed by atoms with Crippen LogP contribution in [0, 0.1) is 0 Å². The summed E-state index contributed by atoms with van der Waals surface area (Å²) in [4.78, 5) is 6.17. The van der Waals surface area contributed by atoms with Gasteiger partial charge in [0.05, 0.1) is 18.1 Å². The van der Waals surface area contributed by atoms with Gasteiger partial charge in [0.2, 0.25) is 0 Å². The highest BCUT2D eigenvalue weighted by molar-refractivity contribution is 6.30. The molecule has 0 radical (unpaired) electrons. The molecule has 0 aliphatic rings.